The number of aromatic nitrogens is 1. The van der Waals surface area contributed by atoms with E-state index in [4.69, 9.17) is 5.73 Å². The summed E-state index contributed by atoms with van der Waals surface area (Å²) >= 11 is 0. The van der Waals surface area contributed by atoms with Gasteiger partial charge < -0.3 is 15.4 Å². The van der Waals surface area contributed by atoms with Crippen LogP contribution >= 0.6 is 0 Å². The topological polar surface area (TPSA) is 68.2 Å². The molecule has 3 rings (SSSR count). The Hall–Kier alpha value is -3.01. The molecule has 0 saturated carbocycles. The van der Waals surface area contributed by atoms with Crippen molar-refractivity contribution in [3.63, 3.8) is 0 Å². The van der Waals surface area contributed by atoms with Gasteiger partial charge in [-0.25, -0.2) is 0 Å². The Balaban J connectivity index is 2.18. The molecule has 0 saturated heterocycles. The lowest BCUT2D eigenvalue weighted by Crippen LogP contribution is -2.13. The van der Waals surface area contributed by atoms with Crippen molar-refractivity contribution in [3.05, 3.63) is 76.6 Å². The molecule has 3 aromatic rings. The molecule has 0 aliphatic heterocycles. The summed E-state index contributed by atoms with van der Waals surface area (Å²) < 4.78 is 2.11. The second-order valence-electron chi connectivity index (χ2n) is 6.41. The quantitative estimate of drug-likeness (QED) is 0.759. The third kappa shape index (κ3) is 3.15. The summed E-state index contributed by atoms with van der Waals surface area (Å²) in [7, 11) is 0. The molecule has 1 aromatic heterocycles. The van der Waals surface area contributed by atoms with Gasteiger partial charge >= 0.3 is 0 Å². The van der Waals surface area contributed by atoms with Crippen LogP contribution in [0.1, 0.15) is 32.9 Å². The van der Waals surface area contributed by atoms with E-state index in [0.717, 1.165) is 22.5 Å². The first-order valence-corrected chi connectivity index (χ1v) is 8.23. The van der Waals surface area contributed by atoms with Gasteiger partial charge in [0.25, 0.3) is 5.91 Å². The fourth-order valence-electron chi connectivity index (χ4n) is 3.43. The smallest absolute Gasteiger partial charge is 0.251 e. The number of aryl methyl sites for hydroxylation is 1. The van der Waals surface area contributed by atoms with Crippen LogP contribution in [-0.4, -0.2) is 15.6 Å². The maximum atomic E-state index is 12.1. The maximum Gasteiger partial charge on any atom is 0.251 e. The minimum absolute atomic E-state index is 0.163. The standard InChI is InChI=1S/C21H22N2O2/c1-13-6-4-7-16(10-13)12-23-14(2)19(20(15(23)3)21(22)25)17-8-5-9-18(24)11-17/h4-11,24H,12H2,1-3H3,(H2,22,25). The molecule has 2 aromatic carbocycles. The highest BCUT2D eigenvalue weighted by atomic mass is 16.3. The molecule has 4 nitrogen and oxygen atoms in total. The summed E-state index contributed by atoms with van der Waals surface area (Å²) in [6, 6.07) is 15.2. The van der Waals surface area contributed by atoms with Crippen LogP contribution in [0.4, 0.5) is 0 Å². The SMILES string of the molecule is Cc1cccc(Cn2c(C)c(C(N)=O)c(-c3cccc(O)c3)c2C)c1. The summed E-state index contributed by atoms with van der Waals surface area (Å²) in [5.74, 6) is -0.293. The van der Waals surface area contributed by atoms with Crippen LogP contribution in [0.3, 0.4) is 0 Å². The van der Waals surface area contributed by atoms with Gasteiger partial charge in [-0.05, 0) is 44.0 Å². The number of aromatic hydroxyl groups is 1. The molecular weight excluding hydrogens is 312 g/mol. The molecule has 1 heterocycles. The summed E-state index contributed by atoms with van der Waals surface area (Å²) in [5, 5.41) is 9.81. The third-order valence-electron chi connectivity index (χ3n) is 4.59. The zero-order chi connectivity index (χ0) is 18.1. The molecule has 3 N–H and O–H groups in total. The van der Waals surface area contributed by atoms with Crippen molar-refractivity contribution < 1.29 is 9.90 Å². The van der Waals surface area contributed by atoms with E-state index < -0.39 is 5.91 Å². The highest BCUT2D eigenvalue weighted by Crippen LogP contribution is 2.34. The van der Waals surface area contributed by atoms with E-state index in [-0.39, 0.29) is 5.75 Å². The van der Waals surface area contributed by atoms with Crippen molar-refractivity contribution >= 4 is 5.91 Å². The first kappa shape index (κ1) is 16.8. The van der Waals surface area contributed by atoms with Gasteiger partial charge in [-0.3, -0.25) is 4.79 Å². The number of primary amides is 1. The van der Waals surface area contributed by atoms with Gasteiger partial charge in [-0.1, -0.05) is 42.0 Å². The highest BCUT2D eigenvalue weighted by Gasteiger charge is 2.22. The van der Waals surface area contributed by atoms with E-state index in [1.165, 1.54) is 11.1 Å². The normalized spacial score (nSPS) is 10.8. The van der Waals surface area contributed by atoms with Crippen molar-refractivity contribution in [1.29, 1.82) is 0 Å². The predicted octanol–water partition coefficient (Wildman–Crippen LogP) is 3.93. The molecule has 128 valence electrons. The zero-order valence-corrected chi connectivity index (χ0v) is 14.7. The number of amides is 1. The van der Waals surface area contributed by atoms with E-state index in [9.17, 15) is 9.90 Å². The van der Waals surface area contributed by atoms with E-state index >= 15 is 0 Å². The second-order valence-corrected chi connectivity index (χ2v) is 6.41. The number of phenolic OH excluding ortho intramolecular Hbond substituents is 1. The van der Waals surface area contributed by atoms with E-state index in [1.54, 1.807) is 18.2 Å². The van der Waals surface area contributed by atoms with Crippen molar-refractivity contribution in [2.75, 3.05) is 0 Å². The molecule has 0 atom stereocenters. The molecule has 0 aliphatic rings. The van der Waals surface area contributed by atoms with Gasteiger partial charge in [-0.2, -0.15) is 0 Å². The minimum Gasteiger partial charge on any atom is -0.508 e. The van der Waals surface area contributed by atoms with Gasteiger partial charge in [0.05, 0.1) is 5.56 Å². The number of rotatable bonds is 4. The fraction of sp³-hybridized carbons (Fsp3) is 0.190. The molecule has 0 radical (unpaired) electrons. The number of nitrogens with zero attached hydrogens (tertiary/aromatic N) is 1. The van der Waals surface area contributed by atoms with Gasteiger partial charge in [-0.15, -0.1) is 0 Å². The molecular formula is C21H22N2O2. The zero-order valence-electron chi connectivity index (χ0n) is 14.7. The minimum atomic E-state index is -0.457. The molecule has 0 aliphatic carbocycles. The van der Waals surface area contributed by atoms with Crippen LogP contribution in [0.25, 0.3) is 11.1 Å². The number of carbonyl (C=O) groups is 1. The summed E-state index contributed by atoms with van der Waals surface area (Å²) in [6.07, 6.45) is 0. The molecule has 0 unspecified atom stereocenters. The van der Waals surface area contributed by atoms with Crippen LogP contribution < -0.4 is 5.73 Å². The number of phenols is 1. The lowest BCUT2D eigenvalue weighted by Gasteiger charge is -2.11. The molecule has 0 spiro atoms. The Bertz CT molecular complexity index is 955. The second kappa shape index (κ2) is 6.48. The lowest BCUT2D eigenvalue weighted by atomic mass is 10.00. The number of hydrogen-bond acceptors (Lipinski definition) is 2. The molecule has 0 fully saturated rings. The molecule has 0 bridgehead atoms. The maximum absolute atomic E-state index is 12.1. The fourth-order valence-corrected chi connectivity index (χ4v) is 3.43. The van der Waals surface area contributed by atoms with E-state index in [1.807, 2.05) is 26.0 Å². The monoisotopic (exact) mass is 334 g/mol. The van der Waals surface area contributed by atoms with Crippen LogP contribution in [-0.2, 0) is 6.54 Å². The molecule has 1 amide bonds. The van der Waals surface area contributed by atoms with Gasteiger partial charge in [0.1, 0.15) is 5.75 Å². The number of carbonyl (C=O) groups excluding carboxylic acids is 1. The number of hydrogen-bond donors (Lipinski definition) is 2. The van der Waals surface area contributed by atoms with Crippen molar-refractivity contribution in [1.82, 2.24) is 4.57 Å². The Morgan fingerprint density at radius 3 is 2.40 bits per heavy atom. The van der Waals surface area contributed by atoms with Gasteiger partial charge in [0.15, 0.2) is 0 Å². The van der Waals surface area contributed by atoms with E-state index in [2.05, 4.69) is 29.7 Å². The van der Waals surface area contributed by atoms with Crippen LogP contribution in [0.5, 0.6) is 5.75 Å². The average Bonchev–Trinajstić information content (AvgIpc) is 2.79. The number of benzene rings is 2. The predicted molar refractivity (Wildman–Crippen MR) is 99.8 cm³/mol. The molecule has 4 heteroatoms. The van der Waals surface area contributed by atoms with Crippen molar-refractivity contribution in [2.45, 2.75) is 27.3 Å². The van der Waals surface area contributed by atoms with Crippen molar-refractivity contribution in [2.24, 2.45) is 5.73 Å². The van der Waals surface area contributed by atoms with Gasteiger partial charge in [0.2, 0.25) is 0 Å². The van der Waals surface area contributed by atoms with Crippen LogP contribution in [0, 0.1) is 20.8 Å². The van der Waals surface area contributed by atoms with E-state index in [0.29, 0.717) is 12.1 Å². The number of nitrogens with two attached hydrogens (primary N) is 1. The summed E-state index contributed by atoms with van der Waals surface area (Å²) in [6.45, 7) is 6.62. The van der Waals surface area contributed by atoms with Crippen LogP contribution in [0.2, 0.25) is 0 Å². The lowest BCUT2D eigenvalue weighted by molar-refractivity contribution is 0.1000. The molecule has 25 heavy (non-hydrogen) atoms. The Labute approximate surface area is 147 Å². The van der Waals surface area contributed by atoms with Crippen LogP contribution in [0.15, 0.2) is 48.5 Å². The highest BCUT2D eigenvalue weighted by molar-refractivity contribution is 6.02. The third-order valence-corrected chi connectivity index (χ3v) is 4.59. The summed E-state index contributed by atoms with van der Waals surface area (Å²) in [4.78, 5) is 12.1. The first-order valence-electron chi connectivity index (χ1n) is 8.23. The Morgan fingerprint density at radius 1 is 1.04 bits per heavy atom. The summed E-state index contributed by atoms with van der Waals surface area (Å²) in [5.41, 5.74) is 11.9. The van der Waals surface area contributed by atoms with Crippen molar-refractivity contribution in [3.8, 4) is 16.9 Å². The largest absolute Gasteiger partial charge is 0.508 e. The average molecular weight is 334 g/mol. The Morgan fingerprint density at radius 2 is 1.76 bits per heavy atom. The van der Waals surface area contributed by atoms with Gasteiger partial charge in [0, 0.05) is 23.5 Å². The Kier molecular flexibility index (Phi) is 4.36. The first-order chi connectivity index (χ1) is 11.9.